The third kappa shape index (κ3) is 5.90. The summed E-state index contributed by atoms with van der Waals surface area (Å²) in [4.78, 5) is 87.4. The normalized spacial score (nSPS) is 19.9. The van der Waals surface area contributed by atoms with E-state index in [0.29, 0.717) is 6.42 Å². The molecule has 14 nitrogen and oxygen atoms in total. The van der Waals surface area contributed by atoms with Crippen molar-refractivity contribution in [2.45, 2.75) is 50.2 Å². The summed E-state index contributed by atoms with van der Waals surface area (Å²) in [6, 6.07) is 0.592. The molecule has 3 rings (SSSR count). The van der Waals surface area contributed by atoms with Crippen molar-refractivity contribution < 1.29 is 48.1 Å². The van der Waals surface area contributed by atoms with Gasteiger partial charge in [-0.3, -0.25) is 33.8 Å². The minimum atomic E-state index is -1.34. The van der Waals surface area contributed by atoms with Crippen LogP contribution in [0.1, 0.15) is 42.5 Å². The molecule has 2 heterocycles. The summed E-state index contributed by atoms with van der Waals surface area (Å²) in [7, 11) is 2.62. The number of hydrazine groups is 1. The van der Waals surface area contributed by atoms with Crippen molar-refractivity contribution in [3.05, 3.63) is 23.8 Å². The summed E-state index contributed by atoms with van der Waals surface area (Å²) in [5.74, 6) is -5.42. The fourth-order valence-electron chi connectivity index (χ4n) is 4.42. The van der Waals surface area contributed by atoms with E-state index in [2.05, 4.69) is 10.6 Å². The topological polar surface area (TPSA) is 189 Å². The van der Waals surface area contributed by atoms with Crippen LogP contribution in [0.4, 0.5) is 0 Å². The second-order valence-electron chi connectivity index (χ2n) is 8.64. The van der Waals surface area contributed by atoms with Gasteiger partial charge in [0.1, 0.15) is 35.4 Å². The quantitative estimate of drug-likeness (QED) is 0.193. The van der Waals surface area contributed by atoms with Crippen LogP contribution in [0.15, 0.2) is 18.2 Å². The number of fused-ring (bicyclic) bond motifs is 1. The number of ketones is 1. The van der Waals surface area contributed by atoms with Crippen molar-refractivity contribution in [2.24, 2.45) is 0 Å². The Bertz CT molecular complexity index is 1130. The highest BCUT2D eigenvalue weighted by molar-refractivity contribution is 6.44. The van der Waals surface area contributed by atoms with Gasteiger partial charge < -0.3 is 30.0 Å². The van der Waals surface area contributed by atoms with Crippen LogP contribution in [0.3, 0.4) is 0 Å². The molecule has 0 saturated carbocycles. The number of nitrogens with one attached hydrogen (secondary N) is 2. The van der Waals surface area contributed by atoms with Gasteiger partial charge in [-0.15, -0.1) is 0 Å². The van der Waals surface area contributed by atoms with Gasteiger partial charge in [0, 0.05) is 13.0 Å². The Morgan fingerprint density at radius 1 is 1.13 bits per heavy atom. The van der Waals surface area contributed by atoms with Crippen LogP contribution < -0.4 is 20.1 Å². The average Bonchev–Trinajstić information content (AvgIpc) is 3.03. The molecule has 0 aliphatic carbocycles. The van der Waals surface area contributed by atoms with E-state index < -0.39 is 59.9 Å². The standard InChI is InChI=1S/C24H28N4O10/c1-37-16-6-3-7-17(38-2)20(16)21(33)23(35)26-14-8-9-18(30)27-10-4-5-15(28(27)24(14)36)22(34)25-13(12-29)11-19(31)32/h3,6-7,12-15H,4-5,8-11H2,1-2H3,(H,25,34)(H,26,35)(H,31,32)/t13-,14-,15-/m0/s1. The lowest BCUT2D eigenvalue weighted by molar-refractivity contribution is -0.176. The van der Waals surface area contributed by atoms with Crippen molar-refractivity contribution in [1.29, 1.82) is 0 Å². The van der Waals surface area contributed by atoms with Gasteiger partial charge in [-0.1, -0.05) is 6.07 Å². The Hall–Kier alpha value is -4.49. The predicted molar refractivity (Wildman–Crippen MR) is 127 cm³/mol. The molecule has 2 aliphatic rings. The number of Topliss-reactive ketones (excluding diaryl/α,β-unsaturated/α-hetero) is 1. The van der Waals surface area contributed by atoms with Gasteiger partial charge in [0.2, 0.25) is 11.8 Å². The minimum Gasteiger partial charge on any atom is -0.496 e. The molecule has 14 heteroatoms. The van der Waals surface area contributed by atoms with E-state index in [1.807, 2.05) is 0 Å². The van der Waals surface area contributed by atoms with E-state index in [9.17, 15) is 33.6 Å². The number of hydrogen-bond donors (Lipinski definition) is 3. The highest BCUT2D eigenvalue weighted by atomic mass is 16.5. The fourth-order valence-corrected chi connectivity index (χ4v) is 4.42. The molecule has 38 heavy (non-hydrogen) atoms. The number of carboxylic acids is 1. The first kappa shape index (κ1) is 28.1. The maximum absolute atomic E-state index is 13.5. The van der Waals surface area contributed by atoms with Gasteiger partial charge in [-0.05, 0) is 31.4 Å². The number of methoxy groups -OCH3 is 2. The summed E-state index contributed by atoms with van der Waals surface area (Å²) in [6.45, 7) is 0.137. The lowest BCUT2D eigenvalue weighted by Crippen LogP contribution is -2.64. The molecule has 0 spiro atoms. The van der Waals surface area contributed by atoms with E-state index in [0.717, 1.165) is 10.0 Å². The molecule has 1 aromatic rings. The molecular formula is C24H28N4O10. The maximum Gasteiger partial charge on any atom is 0.305 e. The highest BCUT2D eigenvalue weighted by Crippen LogP contribution is 2.29. The van der Waals surface area contributed by atoms with E-state index >= 15 is 0 Å². The average molecular weight is 533 g/mol. The SMILES string of the molecule is COc1cccc(OC)c1C(=O)C(=O)N[C@H]1CCC(=O)N2CCC[C@@H](C(=O)N[C@H](C=O)CC(=O)O)N2C1=O. The van der Waals surface area contributed by atoms with Crippen molar-refractivity contribution >= 4 is 41.7 Å². The fraction of sp³-hybridized carbons (Fsp3) is 0.458. The van der Waals surface area contributed by atoms with Crippen molar-refractivity contribution in [1.82, 2.24) is 20.7 Å². The largest absolute Gasteiger partial charge is 0.496 e. The molecule has 3 atom stereocenters. The third-order valence-corrected chi connectivity index (χ3v) is 6.22. The number of amides is 4. The zero-order valence-electron chi connectivity index (χ0n) is 20.8. The van der Waals surface area contributed by atoms with E-state index in [4.69, 9.17) is 14.6 Å². The lowest BCUT2D eigenvalue weighted by Gasteiger charge is -2.43. The Balaban J connectivity index is 1.84. The van der Waals surface area contributed by atoms with Crippen LogP contribution in [0.25, 0.3) is 0 Å². The molecular weight excluding hydrogens is 504 g/mol. The zero-order valence-corrected chi connectivity index (χ0v) is 20.8. The summed E-state index contributed by atoms with van der Waals surface area (Å²) >= 11 is 0. The second-order valence-corrected chi connectivity index (χ2v) is 8.64. The first-order valence-corrected chi connectivity index (χ1v) is 11.8. The second kappa shape index (κ2) is 12.2. The number of ether oxygens (including phenoxy) is 2. The lowest BCUT2D eigenvalue weighted by atomic mass is 10.0. The Morgan fingerprint density at radius 2 is 1.79 bits per heavy atom. The molecule has 0 unspecified atom stereocenters. The van der Waals surface area contributed by atoms with Gasteiger partial charge in [0.15, 0.2) is 0 Å². The van der Waals surface area contributed by atoms with Crippen LogP contribution in [0.2, 0.25) is 0 Å². The number of aldehydes is 1. The number of rotatable bonds is 10. The first-order valence-electron chi connectivity index (χ1n) is 11.8. The summed E-state index contributed by atoms with van der Waals surface area (Å²) in [5.41, 5.74) is -0.151. The van der Waals surface area contributed by atoms with Crippen LogP contribution in [0.5, 0.6) is 11.5 Å². The number of nitrogens with zero attached hydrogens (tertiary/aromatic N) is 2. The molecule has 3 N–H and O–H groups in total. The molecule has 2 aliphatic heterocycles. The molecule has 2 fully saturated rings. The summed E-state index contributed by atoms with van der Waals surface area (Å²) < 4.78 is 10.3. The van der Waals surface area contributed by atoms with E-state index in [-0.39, 0.29) is 49.2 Å². The van der Waals surface area contributed by atoms with Gasteiger partial charge in [0.25, 0.3) is 17.6 Å². The number of carboxylic acid groups (broad SMARTS) is 1. The molecule has 4 amide bonds. The Labute approximate surface area is 217 Å². The van der Waals surface area contributed by atoms with Gasteiger partial charge in [-0.25, -0.2) is 5.01 Å². The van der Waals surface area contributed by atoms with Gasteiger partial charge in [-0.2, -0.15) is 0 Å². The molecule has 1 aromatic carbocycles. The Morgan fingerprint density at radius 3 is 2.37 bits per heavy atom. The van der Waals surface area contributed by atoms with Crippen LogP contribution in [-0.2, 0) is 28.8 Å². The van der Waals surface area contributed by atoms with E-state index in [1.165, 1.54) is 26.4 Å². The van der Waals surface area contributed by atoms with Crippen molar-refractivity contribution in [3.63, 3.8) is 0 Å². The number of carbonyl (C=O) groups is 7. The Kier molecular flexibility index (Phi) is 8.99. The first-order chi connectivity index (χ1) is 18.1. The number of carbonyl (C=O) groups excluding carboxylic acids is 6. The molecule has 0 bridgehead atoms. The third-order valence-electron chi connectivity index (χ3n) is 6.22. The monoisotopic (exact) mass is 532 g/mol. The zero-order chi connectivity index (χ0) is 28.0. The van der Waals surface area contributed by atoms with Crippen LogP contribution in [-0.4, -0.2) is 95.7 Å². The number of benzene rings is 1. The minimum absolute atomic E-state index is 0.0805. The highest BCUT2D eigenvalue weighted by Gasteiger charge is 2.45. The van der Waals surface area contributed by atoms with Crippen LogP contribution in [0, 0.1) is 0 Å². The summed E-state index contributed by atoms with van der Waals surface area (Å²) in [5, 5.41) is 15.6. The van der Waals surface area contributed by atoms with Gasteiger partial charge in [0.05, 0.1) is 26.7 Å². The smallest absolute Gasteiger partial charge is 0.305 e. The van der Waals surface area contributed by atoms with E-state index in [1.54, 1.807) is 6.07 Å². The predicted octanol–water partition coefficient (Wildman–Crippen LogP) is -0.942. The van der Waals surface area contributed by atoms with Crippen LogP contribution >= 0.6 is 0 Å². The maximum atomic E-state index is 13.5. The van der Waals surface area contributed by atoms with Crippen molar-refractivity contribution in [2.75, 3.05) is 20.8 Å². The molecule has 204 valence electrons. The number of hydrogen-bond acceptors (Lipinski definition) is 9. The van der Waals surface area contributed by atoms with Crippen molar-refractivity contribution in [3.8, 4) is 11.5 Å². The molecule has 2 saturated heterocycles. The molecule has 0 radical (unpaired) electrons. The molecule has 0 aromatic heterocycles. The summed E-state index contributed by atoms with van der Waals surface area (Å²) in [6.07, 6.45) is -0.186. The number of aliphatic carboxylic acids is 1. The van der Waals surface area contributed by atoms with Gasteiger partial charge >= 0.3 is 5.97 Å².